The first-order valence-corrected chi connectivity index (χ1v) is 13.4. The van der Waals surface area contributed by atoms with Crippen LogP contribution in [0.15, 0.2) is 72.8 Å². The lowest BCUT2D eigenvalue weighted by Gasteiger charge is -2.29. The average Bonchev–Trinajstić information content (AvgIpc) is 2.85. The smallest absolute Gasteiger partial charge is 0.410 e. The number of carbonyl (C=O) groups is 3. The fourth-order valence-electron chi connectivity index (χ4n) is 4.10. The zero-order valence-corrected chi connectivity index (χ0v) is 24.2. The Hall–Kier alpha value is -4.07. The van der Waals surface area contributed by atoms with E-state index in [-0.39, 0.29) is 19.7 Å². The van der Waals surface area contributed by atoms with Gasteiger partial charge in [0.1, 0.15) is 24.4 Å². The number of benzene rings is 3. The maximum absolute atomic E-state index is 13.2. The summed E-state index contributed by atoms with van der Waals surface area (Å²) in [5, 5.41) is 5.04. The van der Waals surface area contributed by atoms with Crippen LogP contribution in [0.2, 0.25) is 0 Å². The SMILES string of the molecule is CC(C)(C)OC(=O)CN(C[C@H](Cc1ccc2ccccc2c1)NC(=O)OC(C)(C)C)C(=O)OCc1ccccc1. The third-order valence-electron chi connectivity index (χ3n) is 5.66. The topological polar surface area (TPSA) is 94.2 Å². The maximum atomic E-state index is 13.2. The van der Waals surface area contributed by atoms with Gasteiger partial charge < -0.3 is 19.5 Å². The zero-order valence-electron chi connectivity index (χ0n) is 24.2. The Morgan fingerprint density at radius 1 is 0.775 bits per heavy atom. The van der Waals surface area contributed by atoms with Gasteiger partial charge in [-0.3, -0.25) is 9.69 Å². The van der Waals surface area contributed by atoms with Gasteiger partial charge in [-0.15, -0.1) is 0 Å². The minimum Gasteiger partial charge on any atom is -0.459 e. The Balaban J connectivity index is 1.84. The van der Waals surface area contributed by atoms with Crippen LogP contribution in [0.25, 0.3) is 10.8 Å². The van der Waals surface area contributed by atoms with Crippen LogP contribution in [0, 0.1) is 0 Å². The van der Waals surface area contributed by atoms with E-state index in [1.165, 1.54) is 4.90 Å². The number of nitrogens with zero attached hydrogens (tertiary/aromatic N) is 1. The zero-order chi connectivity index (χ0) is 29.3. The first-order chi connectivity index (χ1) is 18.8. The minimum atomic E-state index is -0.726. The molecule has 1 atom stereocenters. The van der Waals surface area contributed by atoms with Crippen molar-refractivity contribution >= 4 is 28.9 Å². The van der Waals surface area contributed by atoms with E-state index >= 15 is 0 Å². The molecule has 0 saturated carbocycles. The second kappa shape index (κ2) is 13.3. The molecular weight excluding hydrogens is 508 g/mol. The molecule has 0 saturated heterocycles. The standard InChI is InChI=1S/C32H40N2O6/c1-31(2,3)39-28(35)21-34(30(37)38-22-23-12-8-7-9-13-23)20-27(33-29(36)40-32(4,5)6)19-24-16-17-25-14-10-11-15-26(25)18-24/h7-18,27H,19-22H2,1-6H3,(H,33,36)/t27-/m0/s1. The largest absolute Gasteiger partial charge is 0.459 e. The fourth-order valence-corrected chi connectivity index (χ4v) is 4.10. The molecule has 0 aliphatic carbocycles. The number of esters is 1. The van der Waals surface area contributed by atoms with Crippen LogP contribution in [0.3, 0.4) is 0 Å². The molecule has 2 amide bonds. The van der Waals surface area contributed by atoms with E-state index in [4.69, 9.17) is 14.2 Å². The van der Waals surface area contributed by atoms with E-state index in [1.54, 1.807) is 41.5 Å². The second-order valence-corrected chi connectivity index (χ2v) is 11.7. The Morgan fingerprint density at radius 2 is 1.40 bits per heavy atom. The summed E-state index contributed by atoms with van der Waals surface area (Å²) >= 11 is 0. The highest BCUT2D eigenvalue weighted by Gasteiger charge is 2.28. The van der Waals surface area contributed by atoms with Crippen LogP contribution in [0.1, 0.15) is 52.7 Å². The molecule has 0 bridgehead atoms. The number of fused-ring (bicyclic) bond motifs is 1. The van der Waals surface area contributed by atoms with Crippen molar-refractivity contribution in [3.05, 3.63) is 83.9 Å². The first kappa shape index (κ1) is 30.5. The lowest BCUT2D eigenvalue weighted by atomic mass is 10.0. The molecule has 0 heterocycles. The van der Waals surface area contributed by atoms with E-state index in [0.29, 0.717) is 6.42 Å². The van der Waals surface area contributed by atoms with Gasteiger partial charge in [-0.25, -0.2) is 9.59 Å². The number of carbonyl (C=O) groups excluding carboxylic acids is 3. The molecule has 0 fully saturated rings. The first-order valence-electron chi connectivity index (χ1n) is 13.4. The van der Waals surface area contributed by atoms with Gasteiger partial charge in [0.25, 0.3) is 0 Å². The Bertz CT molecular complexity index is 1290. The van der Waals surface area contributed by atoms with Gasteiger partial charge in [0.15, 0.2) is 0 Å². The van der Waals surface area contributed by atoms with E-state index in [1.807, 2.05) is 72.8 Å². The quantitative estimate of drug-likeness (QED) is 0.251. The summed E-state index contributed by atoms with van der Waals surface area (Å²) in [6.45, 7) is 10.3. The van der Waals surface area contributed by atoms with Crippen molar-refractivity contribution in [3.8, 4) is 0 Å². The molecular formula is C32H40N2O6. The molecule has 0 aromatic heterocycles. The van der Waals surface area contributed by atoms with E-state index in [2.05, 4.69) is 5.32 Å². The molecule has 1 N–H and O–H groups in total. The summed E-state index contributed by atoms with van der Waals surface area (Å²) in [5.74, 6) is -0.578. The minimum absolute atomic E-state index is 0.00106. The van der Waals surface area contributed by atoms with Crippen LogP contribution in [-0.4, -0.2) is 53.4 Å². The molecule has 40 heavy (non-hydrogen) atoms. The number of amides is 2. The molecule has 8 heteroatoms. The number of alkyl carbamates (subject to hydrolysis) is 1. The van der Waals surface area contributed by atoms with Crippen molar-refractivity contribution in [3.63, 3.8) is 0 Å². The van der Waals surface area contributed by atoms with Crippen molar-refractivity contribution in [1.82, 2.24) is 10.2 Å². The van der Waals surface area contributed by atoms with Crippen LogP contribution < -0.4 is 5.32 Å². The molecule has 0 aliphatic heterocycles. The van der Waals surface area contributed by atoms with Crippen LogP contribution >= 0.6 is 0 Å². The maximum Gasteiger partial charge on any atom is 0.410 e. The molecule has 214 valence electrons. The number of hydrogen-bond acceptors (Lipinski definition) is 6. The summed E-state index contributed by atoms with van der Waals surface area (Å²) in [6, 6.07) is 22.7. The molecule has 0 spiro atoms. The molecule has 3 aromatic rings. The van der Waals surface area contributed by atoms with E-state index < -0.39 is 35.4 Å². The Morgan fingerprint density at radius 3 is 2.05 bits per heavy atom. The molecule has 8 nitrogen and oxygen atoms in total. The third-order valence-corrected chi connectivity index (χ3v) is 5.66. The second-order valence-electron chi connectivity index (χ2n) is 11.7. The van der Waals surface area contributed by atoms with Gasteiger partial charge in [0.05, 0.1) is 6.04 Å². The van der Waals surface area contributed by atoms with E-state index in [0.717, 1.165) is 21.9 Å². The van der Waals surface area contributed by atoms with Crippen molar-refractivity contribution in [2.24, 2.45) is 0 Å². The number of hydrogen-bond donors (Lipinski definition) is 1. The number of rotatable bonds is 9. The van der Waals surface area contributed by atoms with Gasteiger partial charge in [0, 0.05) is 6.54 Å². The third kappa shape index (κ3) is 10.6. The predicted molar refractivity (Wildman–Crippen MR) is 155 cm³/mol. The Kier molecular flexibility index (Phi) is 10.2. The summed E-state index contributed by atoms with van der Waals surface area (Å²) < 4.78 is 16.5. The van der Waals surface area contributed by atoms with Gasteiger partial charge in [-0.2, -0.15) is 0 Å². The highest BCUT2D eigenvalue weighted by Crippen LogP contribution is 2.18. The fraction of sp³-hybridized carbons (Fsp3) is 0.406. The molecule has 3 aromatic carbocycles. The summed E-state index contributed by atoms with van der Waals surface area (Å²) in [6.07, 6.45) is -0.918. The average molecular weight is 549 g/mol. The number of nitrogens with one attached hydrogen (secondary N) is 1. The Labute approximate surface area is 236 Å². The van der Waals surface area contributed by atoms with Crippen LogP contribution in [-0.2, 0) is 32.0 Å². The highest BCUT2D eigenvalue weighted by molar-refractivity contribution is 5.83. The molecule has 0 aliphatic rings. The molecule has 3 rings (SSSR count). The normalized spacial score (nSPS) is 12.3. The number of ether oxygens (including phenoxy) is 3. The monoisotopic (exact) mass is 548 g/mol. The van der Waals surface area contributed by atoms with Crippen LogP contribution in [0.5, 0.6) is 0 Å². The van der Waals surface area contributed by atoms with Crippen molar-refractivity contribution in [2.45, 2.75) is 71.8 Å². The van der Waals surface area contributed by atoms with Gasteiger partial charge in [0.2, 0.25) is 0 Å². The van der Waals surface area contributed by atoms with Crippen LogP contribution in [0.4, 0.5) is 9.59 Å². The van der Waals surface area contributed by atoms with Crippen molar-refractivity contribution < 1.29 is 28.6 Å². The van der Waals surface area contributed by atoms with Gasteiger partial charge in [-0.1, -0.05) is 72.8 Å². The lowest BCUT2D eigenvalue weighted by molar-refractivity contribution is -0.155. The summed E-state index contributed by atoms with van der Waals surface area (Å²) in [7, 11) is 0. The highest BCUT2D eigenvalue weighted by atomic mass is 16.6. The van der Waals surface area contributed by atoms with Crippen molar-refractivity contribution in [1.29, 1.82) is 0 Å². The summed E-state index contributed by atoms with van der Waals surface area (Å²) in [4.78, 5) is 40.1. The van der Waals surface area contributed by atoms with Gasteiger partial charge >= 0.3 is 18.2 Å². The molecule has 0 unspecified atom stereocenters. The molecule has 0 radical (unpaired) electrons. The van der Waals surface area contributed by atoms with Crippen molar-refractivity contribution in [2.75, 3.05) is 13.1 Å². The lowest BCUT2D eigenvalue weighted by Crippen LogP contribution is -2.50. The predicted octanol–water partition coefficient (Wildman–Crippen LogP) is 6.26. The van der Waals surface area contributed by atoms with E-state index in [9.17, 15) is 14.4 Å². The summed E-state index contributed by atoms with van der Waals surface area (Å²) in [5.41, 5.74) is 0.334. The van der Waals surface area contributed by atoms with Gasteiger partial charge in [-0.05, 0) is 69.9 Å².